The number of ether oxygens (including phenoxy) is 1. The molecule has 4 heterocycles. The van der Waals surface area contributed by atoms with Gasteiger partial charge in [0.1, 0.15) is 17.5 Å². The minimum atomic E-state index is -0.898. The standard InChI is InChI=1S/C26H27N7O4/c1-17(24-23(34)8-11-33(30-24)20-13-29-31(2)16-20)18-4-3-5-19(12-18)25-27-14-22(15-28-25)37-21-6-9-32(10-7-21)26(35)36/h3-5,8,11-17,21H,6-7,9-10H2,1-2H3,(H,35,36). The normalized spacial score (nSPS) is 14.9. The zero-order valence-corrected chi connectivity index (χ0v) is 20.6. The summed E-state index contributed by atoms with van der Waals surface area (Å²) in [4.78, 5) is 34.1. The molecule has 3 aromatic heterocycles. The lowest BCUT2D eigenvalue weighted by atomic mass is 9.95. The van der Waals surface area contributed by atoms with Crippen LogP contribution in [0.25, 0.3) is 17.1 Å². The minimum Gasteiger partial charge on any atom is -0.487 e. The highest BCUT2D eigenvalue weighted by molar-refractivity contribution is 5.65. The Morgan fingerprint density at radius 2 is 1.89 bits per heavy atom. The summed E-state index contributed by atoms with van der Waals surface area (Å²) in [5.74, 6) is 0.832. The van der Waals surface area contributed by atoms with E-state index in [0.717, 1.165) is 16.8 Å². The molecule has 11 nitrogen and oxygen atoms in total. The first-order valence-electron chi connectivity index (χ1n) is 12.0. The van der Waals surface area contributed by atoms with Crippen LogP contribution >= 0.6 is 0 Å². The monoisotopic (exact) mass is 501 g/mol. The van der Waals surface area contributed by atoms with Gasteiger partial charge >= 0.3 is 6.09 Å². The van der Waals surface area contributed by atoms with Gasteiger partial charge < -0.3 is 14.7 Å². The molecule has 1 aliphatic rings. The summed E-state index contributed by atoms with van der Waals surface area (Å²) in [6.45, 7) is 2.85. The number of likely N-dealkylation sites (tertiary alicyclic amines) is 1. The number of amides is 1. The maximum absolute atomic E-state index is 12.7. The van der Waals surface area contributed by atoms with Gasteiger partial charge in [0, 0.05) is 56.7 Å². The highest BCUT2D eigenvalue weighted by atomic mass is 16.5. The molecule has 0 spiro atoms. The predicted octanol–water partition coefficient (Wildman–Crippen LogP) is 3.10. The average molecular weight is 502 g/mol. The quantitative estimate of drug-likeness (QED) is 0.427. The summed E-state index contributed by atoms with van der Waals surface area (Å²) in [6.07, 6.45) is 8.72. The molecule has 0 aliphatic carbocycles. The molecule has 4 aromatic rings. The third-order valence-corrected chi connectivity index (χ3v) is 6.49. The van der Waals surface area contributed by atoms with Crippen LogP contribution < -0.4 is 10.2 Å². The van der Waals surface area contributed by atoms with Crippen LogP contribution in [0.5, 0.6) is 5.75 Å². The number of hydrogen-bond donors (Lipinski definition) is 1. The van der Waals surface area contributed by atoms with E-state index in [1.165, 1.54) is 11.0 Å². The van der Waals surface area contributed by atoms with Crippen molar-refractivity contribution in [2.45, 2.75) is 31.8 Å². The first-order chi connectivity index (χ1) is 17.9. The Balaban J connectivity index is 1.31. The number of aryl methyl sites for hydroxylation is 1. The summed E-state index contributed by atoms with van der Waals surface area (Å²) in [6, 6.07) is 9.26. The van der Waals surface area contributed by atoms with Crippen LogP contribution in [0.15, 0.2) is 66.1 Å². The predicted molar refractivity (Wildman–Crippen MR) is 135 cm³/mol. The Kier molecular flexibility index (Phi) is 6.67. The second kappa shape index (κ2) is 10.2. The summed E-state index contributed by atoms with van der Waals surface area (Å²) in [7, 11) is 1.83. The van der Waals surface area contributed by atoms with Crippen LogP contribution in [-0.4, -0.2) is 64.8 Å². The molecule has 190 valence electrons. The molecule has 1 saturated heterocycles. The van der Waals surface area contributed by atoms with E-state index in [9.17, 15) is 9.59 Å². The lowest BCUT2D eigenvalue weighted by Crippen LogP contribution is -2.41. The molecular weight excluding hydrogens is 474 g/mol. The van der Waals surface area contributed by atoms with Crippen LogP contribution in [0.2, 0.25) is 0 Å². The minimum absolute atomic E-state index is 0.0664. The number of rotatable bonds is 6. The van der Waals surface area contributed by atoms with Crippen molar-refractivity contribution < 1.29 is 14.6 Å². The molecule has 11 heteroatoms. The van der Waals surface area contributed by atoms with E-state index in [2.05, 4.69) is 20.2 Å². The lowest BCUT2D eigenvalue weighted by Gasteiger charge is -2.30. The number of piperidine rings is 1. The van der Waals surface area contributed by atoms with E-state index in [-0.39, 0.29) is 17.5 Å². The molecule has 1 atom stereocenters. The summed E-state index contributed by atoms with van der Waals surface area (Å²) in [5.41, 5.74) is 2.80. The van der Waals surface area contributed by atoms with Crippen LogP contribution in [0.1, 0.15) is 36.9 Å². The number of carbonyl (C=O) groups is 1. The van der Waals surface area contributed by atoms with E-state index in [0.29, 0.717) is 43.2 Å². The highest BCUT2D eigenvalue weighted by Gasteiger charge is 2.23. The van der Waals surface area contributed by atoms with Crippen molar-refractivity contribution in [1.29, 1.82) is 0 Å². The maximum Gasteiger partial charge on any atom is 0.407 e. The fourth-order valence-electron chi connectivity index (χ4n) is 4.38. The Morgan fingerprint density at radius 1 is 1.14 bits per heavy atom. The van der Waals surface area contributed by atoms with Gasteiger partial charge in [-0.05, 0) is 11.6 Å². The van der Waals surface area contributed by atoms with Gasteiger partial charge in [0.05, 0.1) is 24.8 Å². The fourth-order valence-corrected chi connectivity index (χ4v) is 4.38. The SMILES string of the molecule is CC(c1cccc(-c2ncc(OC3CCN(C(=O)O)CC3)cn2)c1)c1nn(-c2cnn(C)c2)ccc1=O. The van der Waals surface area contributed by atoms with Gasteiger partial charge in [-0.2, -0.15) is 10.2 Å². The number of hydrogen-bond acceptors (Lipinski definition) is 7. The van der Waals surface area contributed by atoms with Gasteiger partial charge in [-0.15, -0.1) is 0 Å². The molecule has 37 heavy (non-hydrogen) atoms. The molecule has 0 bridgehead atoms. The zero-order valence-electron chi connectivity index (χ0n) is 20.6. The maximum atomic E-state index is 12.7. The van der Waals surface area contributed by atoms with Crippen molar-refractivity contribution in [3.8, 4) is 22.8 Å². The Hall–Kier alpha value is -4.54. The fraction of sp³-hybridized carbons (Fsp3) is 0.308. The van der Waals surface area contributed by atoms with Crippen molar-refractivity contribution in [2.24, 2.45) is 7.05 Å². The Labute approximate surface area is 213 Å². The summed E-state index contributed by atoms with van der Waals surface area (Å²) in [5, 5.41) is 17.8. The van der Waals surface area contributed by atoms with Crippen LogP contribution in [0.4, 0.5) is 4.79 Å². The molecule has 1 aliphatic heterocycles. The third kappa shape index (κ3) is 5.35. The van der Waals surface area contributed by atoms with E-state index < -0.39 is 6.09 Å². The number of benzene rings is 1. The summed E-state index contributed by atoms with van der Waals surface area (Å²) >= 11 is 0. The van der Waals surface area contributed by atoms with Crippen LogP contribution in [0, 0.1) is 0 Å². The average Bonchev–Trinajstić information content (AvgIpc) is 3.35. The van der Waals surface area contributed by atoms with E-state index in [1.54, 1.807) is 34.2 Å². The van der Waals surface area contributed by atoms with Gasteiger partial charge in [-0.1, -0.05) is 25.1 Å². The number of nitrogens with zero attached hydrogens (tertiary/aromatic N) is 7. The first kappa shape index (κ1) is 24.2. The lowest BCUT2D eigenvalue weighted by molar-refractivity contribution is 0.0891. The largest absolute Gasteiger partial charge is 0.487 e. The molecule has 0 radical (unpaired) electrons. The molecule has 5 rings (SSSR count). The van der Waals surface area contributed by atoms with Crippen molar-refractivity contribution in [1.82, 2.24) is 34.4 Å². The van der Waals surface area contributed by atoms with Gasteiger partial charge in [0.15, 0.2) is 11.6 Å². The van der Waals surface area contributed by atoms with Crippen LogP contribution in [0.3, 0.4) is 0 Å². The van der Waals surface area contributed by atoms with Gasteiger partial charge in [-0.25, -0.2) is 19.4 Å². The number of carboxylic acid groups (broad SMARTS) is 1. The Morgan fingerprint density at radius 3 is 2.57 bits per heavy atom. The molecule has 1 fully saturated rings. The van der Waals surface area contributed by atoms with Gasteiger partial charge in [-0.3, -0.25) is 9.48 Å². The van der Waals surface area contributed by atoms with E-state index >= 15 is 0 Å². The first-order valence-corrected chi connectivity index (χ1v) is 12.0. The van der Waals surface area contributed by atoms with Crippen molar-refractivity contribution in [2.75, 3.05) is 13.1 Å². The van der Waals surface area contributed by atoms with Crippen molar-refractivity contribution in [3.63, 3.8) is 0 Å². The van der Waals surface area contributed by atoms with E-state index in [4.69, 9.17) is 9.84 Å². The molecule has 0 saturated carbocycles. The van der Waals surface area contributed by atoms with Crippen molar-refractivity contribution >= 4 is 6.09 Å². The second-order valence-electron chi connectivity index (χ2n) is 9.06. The van der Waals surface area contributed by atoms with E-state index in [1.807, 2.05) is 44.4 Å². The molecular formula is C26H27N7O4. The van der Waals surface area contributed by atoms with Crippen molar-refractivity contribution in [3.05, 3.63) is 82.8 Å². The molecule has 1 N–H and O–H groups in total. The second-order valence-corrected chi connectivity index (χ2v) is 9.06. The third-order valence-electron chi connectivity index (χ3n) is 6.49. The number of aromatic nitrogens is 6. The molecule has 1 amide bonds. The smallest absolute Gasteiger partial charge is 0.407 e. The molecule has 1 unspecified atom stereocenters. The Bertz CT molecular complexity index is 1460. The molecule has 1 aromatic carbocycles. The zero-order chi connectivity index (χ0) is 25.9. The van der Waals surface area contributed by atoms with Gasteiger partial charge in [0.2, 0.25) is 5.43 Å². The highest BCUT2D eigenvalue weighted by Crippen LogP contribution is 2.26. The van der Waals surface area contributed by atoms with Gasteiger partial charge in [0.25, 0.3) is 0 Å². The van der Waals surface area contributed by atoms with Crippen LogP contribution in [-0.2, 0) is 7.05 Å². The summed E-state index contributed by atoms with van der Waals surface area (Å²) < 4.78 is 9.29. The topological polar surface area (TPSA) is 128 Å².